The maximum atomic E-state index is 12.8. The molecule has 0 fully saturated rings. The summed E-state index contributed by atoms with van der Waals surface area (Å²) in [6.07, 6.45) is 0.435. The lowest BCUT2D eigenvalue weighted by Gasteiger charge is -2.25. The number of hydrogen-bond acceptors (Lipinski definition) is 3. The van der Waals surface area contributed by atoms with Crippen LogP contribution in [0, 0.1) is 0 Å². The topological polar surface area (TPSA) is 75.4 Å². The van der Waals surface area contributed by atoms with Gasteiger partial charge in [-0.05, 0) is 11.1 Å². The van der Waals surface area contributed by atoms with Gasteiger partial charge in [0.15, 0.2) is 0 Å². The molecule has 0 heterocycles. The highest BCUT2D eigenvalue weighted by Crippen LogP contribution is 2.08. The maximum Gasteiger partial charge on any atom is 0.245 e. The Morgan fingerprint density at radius 3 is 2.08 bits per heavy atom. The second-order valence-electron chi connectivity index (χ2n) is 5.69. The van der Waals surface area contributed by atoms with Crippen LogP contribution in [0.5, 0.6) is 0 Å². The quantitative estimate of drug-likeness (QED) is 0.806. The zero-order valence-electron chi connectivity index (χ0n) is 13.8. The van der Waals surface area contributed by atoms with Gasteiger partial charge in [-0.2, -0.15) is 0 Å². The minimum absolute atomic E-state index is 0.135. The van der Waals surface area contributed by atoms with Crippen molar-refractivity contribution in [1.82, 2.24) is 10.2 Å². The second-order valence-corrected chi connectivity index (χ2v) is 5.69. The molecule has 0 bridgehead atoms. The number of nitrogens with one attached hydrogen (secondary N) is 1. The zero-order valence-corrected chi connectivity index (χ0v) is 13.8. The molecule has 1 atom stereocenters. The summed E-state index contributed by atoms with van der Waals surface area (Å²) in [5.41, 5.74) is 7.40. The Balaban J connectivity index is 2.09. The van der Waals surface area contributed by atoms with Gasteiger partial charge in [-0.1, -0.05) is 60.7 Å². The van der Waals surface area contributed by atoms with Crippen molar-refractivity contribution in [3.05, 3.63) is 71.8 Å². The van der Waals surface area contributed by atoms with Crippen LogP contribution in [-0.2, 0) is 22.6 Å². The molecule has 5 heteroatoms. The van der Waals surface area contributed by atoms with E-state index in [4.69, 9.17) is 5.73 Å². The Morgan fingerprint density at radius 2 is 1.54 bits per heavy atom. The molecule has 2 rings (SSSR count). The van der Waals surface area contributed by atoms with Crippen molar-refractivity contribution >= 4 is 11.8 Å². The lowest BCUT2D eigenvalue weighted by Crippen LogP contribution is -2.49. The van der Waals surface area contributed by atoms with Crippen LogP contribution < -0.4 is 11.1 Å². The van der Waals surface area contributed by atoms with Gasteiger partial charge in [-0.25, -0.2) is 0 Å². The Labute approximate surface area is 142 Å². The summed E-state index contributed by atoms with van der Waals surface area (Å²) in [4.78, 5) is 26.1. The second kappa shape index (κ2) is 8.84. The summed E-state index contributed by atoms with van der Waals surface area (Å²) in [5, 5.41) is 2.73. The minimum Gasteiger partial charge on any atom is -0.343 e. The average Bonchev–Trinajstić information content (AvgIpc) is 2.62. The highest BCUT2D eigenvalue weighted by molar-refractivity contribution is 5.88. The van der Waals surface area contributed by atoms with Gasteiger partial charge in [0.1, 0.15) is 6.04 Å². The Bertz CT molecular complexity index is 659. The Kier molecular flexibility index (Phi) is 6.51. The summed E-state index contributed by atoms with van der Waals surface area (Å²) >= 11 is 0. The molecule has 0 saturated carbocycles. The van der Waals surface area contributed by atoms with E-state index in [1.165, 1.54) is 0 Å². The van der Waals surface area contributed by atoms with Crippen molar-refractivity contribution in [3.8, 4) is 0 Å². The fraction of sp³-hybridized carbons (Fsp3) is 0.263. The first-order chi connectivity index (χ1) is 11.6. The summed E-state index contributed by atoms with van der Waals surface area (Å²) in [5.74, 6) is -0.470. The van der Waals surface area contributed by atoms with Gasteiger partial charge in [0.25, 0.3) is 0 Å². The van der Waals surface area contributed by atoms with Crippen molar-refractivity contribution in [1.29, 1.82) is 0 Å². The van der Waals surface area contributed by atoms with Crippen molar-refractivity contribution in [2.24, 2.45) is 5.73 Å². The van der Waals surface area contributed by atoms with Gasteiger partial charge in [-0.3, -0.25) is 9.59 Å². The van der Waals surface area contributed by atoms with Gasteiger partial charge in [0.2, 0.25) is 11.8 Å². The average molecular weight is 325 g/mol. The number of benzene rings is 2. The molecule has 0 aliphatic heterocycles. The molecular formula is C19H23N3O2. The molecule has 126 valence electrons. The third kappa shape index (κ3) is 5.21. The van der Waals surface area contributed by atoms with Crippen LogP contribution in [0.25, 0.3) is 0 Å². The molecule has 0 aliphatic carbocycles. The molecule has 0 spiro atoms. The lowest BCUT2D eigenvalue weighted by atomic mass is 10.0. The van der Waals surface area contributed by atoms with Crippen LogP contribution >= 0.6 is 0 Å². The van der Waals surface area contributed by atoms with E-state index < -0.39 is 6.04 Å². The first-order valence-corrected chi connectivity index (χ1v) is 7.92. The molecule has 0 saturated heterocycles. The molecular weight excluding hydrogens is 302 g/mol. The van der Waals surface area contributed by atoms with Crippen LogP contribution in [0.4, 0.5) is 0 Å². The molecule has 0 aromatic heterocycles. The first-order valence-electron chi connectivity index (χ1n) is 7.92. The fourth-order valence-corrected chi connectivity index (χ4v) is 2.50. The highest BCUT2D eigenvalue weighted by atomic mass is 16.2. The normalized spacial score (nSPS) is 11.6. The van der Waals surface area contributed by atoms with Gasteiger partial charge < -0.3 is 16.0 Å². The number of carbonyl (C=O) groups excluding carboxylic acids is 2. The minimum atomic E-state index is -0.628. The SMILES string of the molecule is CN(Cc1ccccc1)C(=O)[C@H](Cc1ccccc1)NC(=O)CN. The van der Waals surface area contributed by atoms with Gasteiger partial charge in [-0.15, -0.1) is 0 Å². The van der Waals surface area contributed by atoms with E-state index in [0.29, 0.717) is 13.0 Å². The molecule has 2 aromatic carbocycles. The van der Waals surface area contributed by atoms with E-state index in [0.717, 1.165) is 11.1 Å². The molecule has 5 nitrogen and oxygen atoms in total. The summed E-state index contributed by atoms with van der Waals surface area (Å²) < 4.78 is 0. The maximum absolute atomic E-state index is 12.8. The monoisotopic (exact) mass is 325 g/mol. The third-order valence-corrected chi connectivity index (χ3v) is 3.74. The highest BCUT2D eigenvalue weighted by Gasteiger charge is 2.24. The van der Waals surface area contributed by atoms with Crippen molar-refractivity contribution < 1.29 is 9.59 Å². The predicted molar refractivity (Wildman–Crippen MR) is 94.0 cm³/mol. The van der Waals surface area contributed by atoms with Crippen molar-refractivity contribution in [2.45, 2.75) is 19.0 Å². The summed E-state index contributed by atoms with van der Waals surface area (Å²) in [7, 11) is 1.74. The van der Waals surface area contributed by atoms with E-state index >= 15 is 0 Å². The first kappa shape index (κ1) is 17.7. The van der Waals surface area contributed by atoms with Crippen LogP contribution in [-0.4, -0.2) is 36.3 Å². The lowest BCUT2D eigenvalue weighted by molar-refractivity contribution is -0.135. The van der Waals surface area contributed by atoms with Crippen LogP contribution in [0.2, 0.25) is 0 Å². The number of hydrogen-bond donors (Lipinski definition) is 2. The number of nitrogens with zero attached hydrogens (tertiary/aromatic N) is 1. The number of rotatable bonds is 7. The van der Waals surface area contributed by atoms with E-state index in [2.05, 4.69) is 5.32 Å². The standard InChI is InChI=1S/C19H23N3O2/c1-22(14-16-10-6-3-7-11-16)19(24)17(21-18(23)13-20)12-15-8-4-2-5-9-15/h2-11,17H,12-14,20H2,1H3,(H,21,23)/t17-/m0/s1. The van der Waals surface area contributed by atoms with Gasteiger partial charge in [0, 0.05) is 20.0 Å². The van der Waals surface area contributed by atoms with Crippen molar-refractivity contribution in [2.75, 3.05) is 13.6 Å². The van der Waals surface area contributed by atoms with E-state index in [1.54, 1.807) is 11.9 Å². The van der Waals surface area contributed by atoms with Crippen molar-refractivity contribution in [3.63, 3.8) is 0 Å². The van der Waals surface area contributed by atoms with E-state index in [9.17, 15) is 9.59 Å². The van der Waals surface area contributed by atoms with Crippen LogP contribution in [0.3, 0.4) is 0 Å². The number of nitrogens with two attached hydrogens (primary N) is 1. The predicted octanol–water partition coefficient (Wildman–Crippen LogP) is 1.33. The third-order valence-electron chi connectivity index (χ3n) is 3.74. The van der Waals surface area contributed by atoms with E-state index in [1.807, 2.05) is 60.7 Å². The zero-order chi connectivity index (χ0) is 17.4. The summed E-state index contributed by atoms with van der Waals surface area (Å²) in [6.45, 7) is 0.352. The molecule has 2 aromatic rings. The Morgan fingerprint density at radius 1 is 1.00 bits per heavy atom. The largest absolute Gasteiger partial charge is 0.343 e. The van der Waals surface area contributed by atoms with E-state index in [-0.39, 0.29) is 18.4 Å². The molecule has 3 N–H and O–H groups in total. The summed E-state index contributed by atoms with van der Waals surface area (Å²) in [6, 6.07) is 18.7. The van der Waals surface area contributed by atoms with Crippen LogP contribution in [0.15, 0.2) is 60.7 Å². The fourth-order valence-electron chi connectivity index (χ4n) is 2.50. The van der Waals surface area contributed by atoms with Gasteiger partial charge >= 0.3 is 0 Å². The molecule has 2 amide bonds. The number of likely N-dealkylation sites (N-methyl/N-ethyl adjacent to an activating group) is 1. The number of amides is 2. The molecule has 0 aliphatic rings. The molecule has 0 radical (unpaired) electrons. The smallest absolute Gasteiger partial charge is 0.245 e. The van der Waals surface area contributed by atoms with Crippen LogP contribution in [0.1, 0.15) is 11.1 Å². The van der Waals surface area contributed by atoms with Gasteiger partial charge in [0.05, 0.1) is 6.54 Å². The molecule has 0 unspecified atom stereocenters. The number of carbonyl (C=O) groups is 2. The molecule has 24 heavy (non-hydrogen) atoms. The Hall–Kier alpha value is -2.66.